The molecule has 2 aromatic rings. The fourth-order valence-electron chi connectivity index (χ4n) is 1.89. The second-order valence-electron chi connectivity index (χ2n) is 4.83. The van der Waals surface area contributed by atoms with Crippen molar-refractivity contribution in [1.29, 1.82) is 0 Å². The van der Waals surface area contributed by atoms with Gasteiger partial charge in [0.1, 0.15) is 5.75 Å². The second kappa shape index (κ2) is 5.25. The van der Waals surface area contributed by atoms with Crippen LogP contribution in [-0.2, 0) is 0 Å². The Morgan fingerprint density at radius 3 is 2.89 bits per heavy atom. The summed E-state index contributed by atoms with van der Waals surface area (Å²) in [5, 5.41) is 0.923. The van der Waals surface area contributed by atoms with E-state index in [-0.39, 0.29) is 0 Å². The van der Waals surface area contributed by atoms with Crippen LogP contribution in [0.2, 0.25) is 0 Å². The van der Waals surface area contributed by atoms with Gasteiger partial charge in [-0.2, -0.15) is 0 Å². The van der Waals surface area contributed by atoms with Crippen molar-refractivity contribution < 1.29 is 4.74 Å². The minimum atomic E-state index is 0.542. The van der Waals surface area contributed by atoms with Crippen LogP contribution in [0.25, 0.3) is 10.9 Å². The number of nitrogen functional groups attached to an aromatic ring is 1. The summed E-state index contributed by atoms with van der Waals surface area (Å²) < 4.78 is 5.87. The molecule has 1 atom stereocenters. The van der Waals surface area contributed by atoms with Crippen molar-refractivity contribution in [3.8, 4) is 5.75 Å². The number of ether oxygens (including phenoxy) is 1. The Balaban J connectivity index is 2.39. The molecule has 96 valence electrons. The number of aromatic nitrogens is 1. The Kier molecular flexibility index (Phi) is 3.70. The van der Waals surface area contributed by atoms with E-state index in [1.54, 1.807) is 0 Å². The van der Waals surface area contributed by atoms with Crippen molar-refractivity contribution in [2.45, 2.75) is 27.2 Å². The van der Waals surface area contributed by atoms with Crippen LogP contribution in [0.1, 0.15) is 26.0 Å². The fraction of sp³-hybridized carbons (Fsp3) is 0.400. The van der Waals surface area contributed by atoms with Gasteiger partial charge in [0.2, 0.25) is 0 Å². The van der Waals surface area contributed by atoms with E-state index in [4.69, 9.17) is 10.5 Å². The first kappa shape index (κ1) is 12.7. The molecular weight excluding hydrogens is 224 g/mol. The van der Waals surface area contributed by atoms with Gasteiger partial charge in [-0.3, -0.25) is 4.98 Å². The highest BCUT2D eigenvalue weighted by Crippen LogP contribution is 2.30. The van der Waals surface area contributed by atoms with Crippen LogP contribution in [-0.4, -0.2) is 11.6 Å². The molecule has 0 amide bonds. The summed E-state index contributed by atoms with van der Waals surface area (Å²) in [5.74, 6) is 1.37. The van der Waals surface area contributed by atoms with Crippen LogP contribution in [0.3, 0.4) is 0 Å². The highest BCUT2D eigenvalue weighted by atomic mass is 16.5. The van der Waals surface area contributed by atoms with E-state index in [2.05, 4.69) is 18.8 Å². The lowest BCUT2D eigenvalue weighted by atomic mass is 10.1. The van der Waals surface area contributed by atoms with E-state index >= 15 is 0 Å². The Hall–Kier alpha value is -1.77. The zero-order chi connectivity index (χ0) is 13.1. The number of rotatable bonds is 4. The molecule has 0 aliphatic carbocycles. The largest absolute Gasteiger partial charge is 0.493 e. The van der Waals surface area contributed by atoms with Crippen LogP contribution in [0, 0.1) is 12.8 Å². The number of aryl methyl sites for hydroxylation is 1. The van der Waals surface area contributed by atoms with E-state index in [0.717, 1.165) is 34.5 Å². The van der Waals surface area contributed by atoms with Gasteiger partial charge in [0.05, 0.1) is 17.5 Å². The summed E-state index contributed by atoms with van der Waals surface area (Å²) in [6, 6.07) is 7.77. The zero-order valence-corrected chi connectivity index (χ0v) is 11.2. The first-order chi connectivity index (χ1) is 8.61. The minimum Gasteiger partial charge on any atom is -0.493 e. The number of pyridine rings is 1. The Labute approximate surface area is 108 Å². The molecule has 0 spiro atoms. The van der Waals surface area contributed by atoms with Crippen LogP contribution < -0.4 is 10.5 Å². The Bertz CT molecular complexity index is 551. The lowest BCUT2D eigenvalue weighted by Gasteiger charge is -2.14. The summed E-state index contributed by atoms with van der Waals surface area (Å²) in [4.78, 5) is 4.48. The van der Waals surface area contributed by atoms with Gasteiger partial charge in [-0.05, 0) is 31.0 Å². The first-order valence-electron chi connectivity index (χ1n) is 6.40. The Morgan fingerprint density at radius 2 is 2.17 bits per heavy atom. The highest BCUT2D eigenvalue weighted by molar-refractivity contribution is 5.95. The topological polar surface area (TPSA) is 48.1 Å². The highest BCUT2D eigenvalue weighted by Gasteiger charge is 2.09. The van der Waals surface area contributed by atoms with Crippen LogP contribution in [0.15, 0.2) is 24.3 Å². The van der Waals surface area contributed by atoms with Gasteiger partial charge in [0.15, 0.2) is 0 Å². The zero-order valence-electron chi connectivity index (χ0n) is 11.2. The number of hydrogen-bond donors (Lipinski definition) is 1. The SMILES string of the molecule is CCC(C)COc1cccc2nc(C)cc(N)c12. The summed E-state index contributed by atoms with van der Waals surface area (Å²) in [6.07, 6.45) is 1.11. The number of nitrogens with two attached hydrogens (primary N) is 1. The molecule has 0 saturated heterocycles. The molecule has 1 aromatic carbocycles. The van der Waals surface area contributed by atoms with Gasteiger partial charge in [0.25, 0.3) is 0 Å². The molecule has 0 bridgehead atoms. The maximum absolute atomic E-state index is 6.08. The molecule has 0 saturated carbocycles. The summed E-state index contributed by atoms with van der Waals surface area (Å²) in [5.41, 5.74) is 8.64. The van der Waals surface area contributed by atoms with Crippen LogP contribution in [0.5, 0.6) is 5.75 Å². The minimum absolute atomic E-state index is 0.542. The molecule has 0 radical (unpaired) electrons. The molecule has 3 nitrogen and oxygen atoms in total. The van der Waals surface area contributed by atoms with E-state index in [0.29, 0.717) is 12.5 Å². The molecule has 2 rings (SSSR count). The smallest absolute Gasteiger partial charge is 0.130 e. The van der Waals surface area contributed by atoms with Crippen LogP contribution >= 0.6 is 0 Å². The third-order valence-corrected chi connectivity index (χ3v) is 3.17. The van der Waals surface area contributed by atoms with Crippen molar-refractivity contribution >= 4 is 16.6 Å². The first-order valence-corrected chi connectivity index (χ1v) is 6.40. The van der Waals surface area contributed by atoms with E-state index in [1.807, 2.05) is 31.2 Å². The van der Waals surface area contributed by atoms with Crippen LogP contribution in [0.4, 0.5) is 5.69 Å². The van der Waals surface area contributed by atoms with Gasteiger partial charge in [-0.25, -0.2) is 0 Å². The van der Waals surface area contributed by atoms with Crippen molar-refractivity contribution in [3.05, 3.63) is 30.0 Å². The number of hydrogen-bond acceptors (Lipinski definition) is 3. The van der Waals surface area contributed by atoms with E-state index in [1.165, 1.54) is 0 Å². The molecule has 0 aliphatic heterocycles. The lowest BCUT2D eigenvalue weighted by molar-refractivity contribution is 0.259. The molecular formula is C15H20N2O. The Morgan fingerprint density at radius 1 is 1.39 bits per heavy atom. The molecule has 1 aromatic heterocycles. The maximum atomic E-state index is 6.08. The predicted octanol–water partition coefficient (Wildman–Crippen LogP) is 3.55. The molecule has 1 unspecified atom stereocenters. The predicted molar refractivity (Wildman–Crippen MR) is 75.8 cm³/mol. The summed E-state index contributed by atoms with van der Waals surface area (Å²) in [6.45, 7) is 7.00. The normalized spacial score (nSPS) is 12.6. The average molecular weight is 244 g/mol. The average Bonchev–Trinajstić information content (AvgIpc) is 2.35. The molecule has 0 fully saturated rings. The fourth-order valence-corrected chi connectivity index (χ4v) is 1.89. The molecule has 18 heavy (non-hydrogen) atoms. The molecule has 2 N–H and O–H groups in total. The van der Waals surface area contributed by atoms with E-state index < -0.39 is 0 Å². The molecule has 1 heterocycles. The summed E-state index contributed by atoms with van der Waals surface area (Å²) >= 11 is 0. The van der Waals surface area contributed by atoms with Gasteiger partial charge in [-0.1, -0.05) is 26.3 Å². The van der Waals surface area contributed by atoms with Crippen molar-refractivity contribution in [1.82, 2.24) is 4.98 Å². The molecule has 3 heteroatoms. The van der Waals surface area contributed by atoms with Gasteiger partial charge >= 0.3 is 0 Å². The van der Waals surface area contributed by atoms with Crippen molar-refractivity contribution in [2.75, 3.05) is 12.3 Å². The molecule has 0 aliphatic rings. The lowest BCUT2D eigenvalue weighted by Crippen LogP contribution is -2.08. The van der Waals surface area contributed by atoms with E-state index in [9.17, 15) is 0 Å². The number of nitrogens with zero attached hydrogens (tertiary/aromatic N) is 1. The third-order valence-electron chi connectivity index (χ3n) is 3.17. The maximum Gasteiger partial charge on any atom is 0.130 e. The number of benzene rings is 1. The van der Waals surface area contributed by atoms with Crippen molar-refractivity contribution in [2.24, 2.45) is 5.92 Å². The quantitative estimate of drug-likeness (QED) is 0.894. The second-order valence-corrected chi connectivity index (χ2v) is 4.83. The number of anilines is 1. The van der Waals surface area contributed by atoms with Crippen molar-refractivity contribution in [3.63, 3.8) is 0 Å². The van der Waals surface area contributed by atoms with Gasteiger partial charge < -0.3 is 10.5 Å². The van der Waals surface area contributed by atoms with Gasteiger partial charge in [0, 0.05) is 11.4 Å². The standard InChI is InChI=1S/C15H20N2O/c1-4-10(2)9-18-14-7-5-6-13-15(14)12(16)8-11(3)17-13/h5-8,10H,4,9H2,1-3H3,(H2,16,17). The third kappa shape index (κ3) is 2.55. The summed E-state index contributed by atoms with van der Waals surface area (Å²) in [7, 11) is 0. The van der Waals surface area contributed by atoms with Gasteiger partial charge in [-0.15, -0.1) is 0 Å². The monoisotopic (exact) mass is 244 g/mol. The number of fused-ring (bicyclic) bond motifs is 1.